The van der Waals surface area contributed by atoms with Crippen LogP contribution in [0.4, 0.5) is 0 Å². The number of hydrogen-bond donors (Lipinski definition) is 0. The fraction of sp³-hybridized carbons (Fsp3) is 0.400. The monoisotopic (exact) mass is 243 g/mol. The molecule has 2 rings (SSSR count). The summed E-state index contributed by atoms with van der Waals surface area (Å²) in [4.78, 5) is 0. The Morgan fingerprint density at radius 1 is 1.28 bits per heavy atom. The Morgan fingerprint density at radius 3 is 2.50 bits per heavy atom. The summed E-state index contributed by atoms with van der Waals surface area (Å²) in [5.41, 5.74) is 1.62. The van der Waals surface area contributed by atoms with Gasteiger partial charge >= 0.3 is 0 Å². The van der Waals surface area contributed by atoms with Crippen molar-refractivity contribution in [3.05, 3.63) is 47.5 Å². The van der Waals surface area contributed by atoms with Gasteiger partial charge in [0, 0.05) is 11.5 Å². The van der Waals surface area contributed by atoms with Crippen LogP contribution in [0.1, 0.15) is 30.8 Å². The molecule has 0 spiro atoms. The quantitative estimate of drug-likeness (QED) is 0.766. The van der Waals surface area contributed by atoms with E-state index in [1.165, 1.54) is 0 Å². The van der Waals surface area contributed by atoms with Crippen LogP contribution >= 0.6 is 0 Å². The van der Waals surface area contributed by atoms with E-state index in [-0.39, 0.29) is 6.29 Å². The molecular formula is C15H17NO2. The zero-order valence-electron chi connectivity index (χ0n) is 10.5. The van der Waals surface area contributed by atoms with Crippen molar-refractivity contribution in [2.75, 3.05) is 13.2 Å². The molecule has 18 heavy (non-hydrogen) atoms. The molecule has 1 aromatic carbocycles. The second-order valence-electron chi connectivity index (χ2n) is 4.33. The molecule has 0 saturated carbocycles. The van der Waals surface area contributed by atoms with Crippen LogP contribution in [0, 0.1) is 17.2 Å². The summed E-state index contributed by atoms with van der Waals surface area (Å²) < 4.78 is 11.4. The highest BCUT2D eigenvalue weighted by atomic mass is 16.7. The fourth-order valence-electron chi connectivity index (χ4n) is 1.87. The van der Waals surface area contributed by atoms with Gasteiger partial charge in [0.1, 0.15) is 0 Å². The maximum absolute atomic E-state index is 8.74. The van der Waals surface area contributed by atoms with E-state index in [0.717, 1.165) is 12.0 Å². The first-order chi connectivity index (χ1) is 8.83. The summed E-state index contributed by atoms with van der Waals surface area (Å²) in [6, 6.07) is 9.42. The molecule has 0 amide bonds. The first-order valence-electron chi connectivity index (χ1n) is 6.23. The summed E-state index contributed by atoms with van der Waals surface area (Å²) >= 11 is 0. The maximum atomic E-state index is 8.74. The lowest BCUT2D eigenvalue weighted by molar-refractivity contribution is -0.197. The van der Waals surface area contributed by atoms with E-state index < -0.39 is 0 Å². The Morgan fingerprint density at radius 2 is 1.94 bits per heavy atom. The van der Waals surface area contributed by atoms with E-state index in [1.54, 1.807) is 12.1 Å². The van der Waals surface area contributed by atoms with Crippen LogP contribution in [0.3, 0.4) is 0 Å². The molecule has 1 aromatic rings. The molecule has 3 nitrogen and oxygen atoms in total. The second kappa shape index (κ2) is 6.34. The average Bonchev–Trinajstić information content (AvgIpc) is 2.46. The van der Waals surface area contributed by atoms with Crippen LogP contribution in [-0.2, 0) is 9.47 Å². The molecule has 1 fully saturated rings. The smallest absolute Gasteiger partial charge is 0.183 e. The normalized spacial score (nSPS) is 24.0. The van der Waals surface area contributed by atoms with Crippen LogP contribution < -0.4 is 0 Å². The Hall–Kier alpha value is -1.63. The molecule has 94 valence electrons. The Bertz CT molecular complexity index is 437. The molecular weight excluding hydrogens is 226 g/mol. The minimum absolute atomic E-state index is 0.302. The lowest BCUT2D eigenvalue weighted by Gasteiger charge is -2.28. The molecule has 0 N–H and O–H groups in total. The third-order valence-electron chi connectivity index (χ3n) is 2.88. The van der Waals surface area contributed by atoms with E-state index in [1.807, 2.05) is 12.1 Å². The molecule has 1 aliphatic rings. The van der Waals surface area contributed by atoms with Crippen LogP contribution in [0.15, 0.2) is 36.4 Å². The van der Waals surface area contributed by atoms with E-state index >= 15 is 0 Å². The fourth-order valence-corrected chi connectivity index (χ4v) is 1.87. The summed E-state index contributed by atoms with van der Waals surface area (Å²) in [6.07, 6.45) is 5.02. The summed E-state index contributed by atoms with van der Waals surface area (Å²) in [6.45, 7) is 3.48. The molecule has 0 bridgehead atoms. The highest BCUT2D eigenvalue weighted by molar-refractivity contribution is 5.32. The van der Waals surface area contributed by atoms with Crippen LogP contribution in [0.2, 0.25) is 0 Å². The van der Waals surface area contributed by atoms with Crippen molar-refractivity contribution in [3.63, 3.8) is 0 Å². The molecule has 3 heteroatoms. The van der Waals surface area contributed by atoms with Gasteiger partial charge in [0.05, 0.1) is 24.8 Å². The van der Waals surface area contributed by atoms with Gasteiger partial charge in [0.25, 0.3) is 0 Å². The van der Waals surface area contributed by atoms with Gasteiger partial charge in [-0.1, -0.05) is 31.2 Å². The molecule has 0 aromatic heterocycles. The van der Waals surface area contributed by atoms with Gasteiger partial charge in [-0.25, -0.2) is 0 Å². The van der Waals surface area contributed by atoms with Crippen LogP contribution in [0.5, 0.6) is 0 Å². The number of hydrogen-bond acceptors (Lipinski definition) is 3. The van der Waals surface area contributed by atoms with E-state index in [9.17, 15) is 0 Å². The Kier molecular flexibility index (Phi) is 4.52. The van der Waals surface area contributed by atoms with Crippen molar-refractivity contribution in [2.24, 2.45) is 5.92 Å². The predicted molar refractivity (Wildman–Crippen MR) is 68.7 cm³/mol. The average molecular weight is 243 g/mol. The summed E-state index contributed by atoms with van der Waals surface area (Å²) in [7, 11) is 0. The van der Waals surface area contributed by atoms with E-state index in [2.05, 4.69) is 25.1 Å². The second-order valence-corrected chi connectivity index (χ2v) is 4.33. The van der Waals surface area contributed by atoms with Gasteiger partial charge in [-0.2, -0.15) is 5.26 Å². The van der Waals surface area contributed by atoms with E-state index in [4.69, 9.17) is 14.7 Å². The van der Waals surface area contributed by atoms with Crippen molar-refractivity contribution < 1.29 is 9.47 Å². The standard InChI is InChI=1S/C15H17NO2/c1-2-3-4-13-10-17-15(18-11-13)14-7-5-12(9-16)6-8-14/h3-8,13,15H,2,10-11H2,1H3/b4-3+/t13-,15-. The minimum Gasteiger partial charge on any atom is -0.348 e. The largest absolute Gasteiger partial charge is 0.348 e. The number of ether oxygens (including phenoxy) is 2. The van der Waals surface area contributed by atoms with Crippen molar-refractivity contribution in [2.45, 2.75) is 19.6 Å². The SMILES string of the molecule is CC/C=C/[C@H]1CO[C@H](c2ccc(C#N)cc2)OC1. The lowest BCUT2D eigenvalue weighted by atomic mass is 10.1. The Labute approximate surface area is 108 Å². The molecule has 0 aliphatic carbocycles. The third-order valence-corrected chi connectivity index (χ3v) is 2.88. The summed E-state index contributed by atoms with van der Waals surface area (Å²) in [5, 5.41) is 8.74. The number of benzene rings is 1. The van der Waals surface area contributed by atoms with Gasteiger partial charge in [-0.15, -0.1) is 0 Å². The van der Waals surface area contributed by atoms with Crippen molar-refractivity contribution >= 4 is 0 Å². The van der Waals surface area contributed by atoms with Gasteiger partial charge in [-0.05, 0) is 18.6 Å². The minimum atomic E-state index is -0.302. The van der Waals surface area contributed by atoms with E-state index in [0.29, 0.717) is 24.7 Å². The summed E-state index contributed by atoms with van der Waals surface area (Å²) in [5.74, 6) is 0.347. The topological polar surface area (TPSA) is 42.2 Å². The Balaban J connectivity index is 1.93. The van der Waals surface area contributed by atoms with Crippen molar-refractivity contribution in [1.29, 1.82) is 5.26 Å². The number of nitriles is 1. The maximum Gasteiger partial charge on any atom is 0.183 e. The highest BCUT2D eigenvalue weighted by Gasteiger charge is 2.21. The van der Waals surface area contributed by atoms with Crippen molar-refractivity contribution in [1.82, 2.24) is 0 Å². The molecule has 1 heterocycles. The van der Waals surface area contributed by atoms with Gasteiger partial charge in [0.15, 0.2) is 6.29 Å². The molecule has 0 radical (unpaired) electrons. The highest BCUT2D eigenvalue weighted by Crippen LogP contribution is 2.25. The van der Waals surface area contributed by atoms with Gasteiger partial charge < -0.3 is 9.47 Å². The van der Waals surface area contributed by atoms with Gasteiger partial charge in [0.2, 0.25) is 0 Å². The number of rotatable bonds is 3. The molecule has 1 aliphatic heterocycles. The van der Waals surface area contributed by atoms with Crippen LogP contribution in [-0.4, -0.2) is 13.2 Å². The first-order valence-corrected chi connectivity index (χ1v) is 6.23. The number of allylic oxidation sites excluding steroid dienone is 1. The zero-order chi connectivity index (χ0) is 12.8. The first kappa shape index (κ1) is 12.8. The lowest BCUT2D eigenvalue weighted by Crippen LogP contribution is -2.25. The third kappa shape index (κ3) is 3.19. The van der Waals surface area contributed by atoms with Crippen molar-refractivity contribution in [3.8, 4) is 6.07 Å². The molecule has 0 atom stereocenters. The predicted octanol–water partition coefficient (Wildman–Crippen LogP) is 3.19. The van der Waals surface area contributed by atoms with Gasteiger partial charge in [-0.3, -0.25) is 0 Å². The molecule has 0 unspecified atom stereocenters. The zero-order valence-corrected chi connectivity index (χ0v) is 10.5. The molecule has 1 saturated heterocycles. The number of nitrogens with zero attached hydrogens (tertiary/aromatic N) is 1. The van der Waals surface area contributed by atoms with Crippen LogP contribution in [0.25, 0.3) is 0 Å².